The Balaban J connectivity index is 1.23. The second-order valence-electron chi connectivity index (χ2n) is 9.38. The molecular weight excluding hydrogens is 454 g/mol. The minimum absolute atomic E-state index is 0.0119. The van der Waals surface area contributed by atoms with Crippen molar-refractivity contribution in [1.29, 1.82) is 0 Å². The molecule has 1 amide bonds. The van der Waals surface area contributed by atoms with Crippen molar-refractivity contribution in [1.82, 2.24) is 25.0 Å². The summed E-state index contributed by atoms with van der Waals surface area (Å²) in [4.78, 5) is 34.2. The number of piperazine rings is 1. The number of carbonyl (C=O) groups is 1. The largest absolute Gasteiger partial charge is 0.492 e. The van der Waals surface area contributed by atoms with Crippen LogP contribution in [0.1, 0.15) is 32.7 Å². The second kappa shape index (κ2) is 9.54. The van der Waals surface area contributed by atoms with Gasteiger partial charge in [-0.05, 0) is 41.0 Å². The monoisotopic (exact) mass is 481 g/mol. The molecule has 1 fully saturated rings. The van der Waals surface area contributed by atoms with Gasteiger partial charge in [0.1, 0.15) is 5.75 Å². The van der Waals surface area contributed by atoms with E-state index in [0.29, 0.717) is 42.8 Å². The molecule has 0 atom stereocenters. The lowest BCUT2D eigenvalue weighted by atomic mass is 9.98. The third-order valence-electron chi connectivity index (χ3n) is 7.04. The molecule has 8 nitrogen and oxygen atoms in total. The molecule has 2 aromatic heterocycles. The molecule has 0 aliphatic carbocycles. The number of rotatable bonds is 5. The highest BCUT2D eigenvalue weighted by Crippen LogP contribution is 2.33. The predicted molar refractivity (Wildman–Crippen MR) is 136 cm³/mol. The summed E-state index contributed by atoms with van der Waals surface area (Å²) in [6.45, 7) is 4.44. The van der Waals surface area contributed by atoms with E-state index in [1.54, 1.807) is 6.07 Å². The van der Waals surface area contributed by atoms with Crippen molar-refractivity contribution in [2.75, 3.05) is 32.8 Å². The van der Waals surface area contributed by atoms with Crippen LogP contribution in [0.15, 0.2) is 65.7 Å². The maximum atomic E-state index is 13.6. The fraction of sp³-hybridized carbons (Fsp3) is 0.286. The summed E-state index contributed by atoms with van der Waals surface area (Å²) >= 11 is 0. The van der Waals surface area contributed by atoms with E-state index in [-0.39, 0.29) is 11.5 Å². The standard InChI is InChI=1S/C28H27N5O3/c34-27-23-4-2-1-3-22(23)25(30-31-27)17-20-15-21-7-14-36-26(21)24(16-20)28(35)33-12-10-32(11-13-33)18-19-5-8-29-9-6-19/h1-6,8-9,15-16H,7,10-14,17-18H2,(H,31,34). The van der Waals surface area contributed by atoms with Crippen LogP contribution in [0.2, 0.25) is 0 Å². The first-order valence-electron chi connectivity index (χ1n) is 12.3. The van der Waals surface area contributed by atoms with Crippen molar-refractivity contribution < 1.29 is 9.53 Å². The number of pyridine rings is 1. The van der Waals surface area contributed by atoms with Gasteiger partial charge >= 0.3 is 0 Å². The fourth-order valence-electron chi connectivity index (χ4n) is 5.16. The number of hydrogen-bond donors (Lipinski definition) is 1. The summed E-state index contributed by atoms with van der Waals surface area (Å²) in [7, 11) is 0. The van der Waals surface area contributed by atoms with E-state index in [4.69, 9.17) is 4.74 Å². The summed E-state index contributed by atoms with van der Waals surface area (Å²) in [5.41, 5.74) is 4.48. The van der Waals surface area contributed by atoms with Crippen molar-refractivity contribution in [3.8, 4) is 5.75 Å². The first-order valence-corrected chi connectivity index (χ1v) is 12.3. The first kappa shape index (κ1) is 22.4. The van der Waals surface area contributed by atoms with Gasteiger partial charge in [0.15, 0.2) is 0 Å². The molecule has 1 N–H and O–H groups in total. The Kier molecular flexibility index (Phi) is 5.95. The highest BCUT2D eigenvalue weighted by Gasteiger charge is 2.28. The third kappa shape index (κ3) is 4.35. The number of amides is 1. The smallest absolute Gasteiger partial charge is 0.272 e. The van der Waals surface area contributed by atoms with E-state index in [0.717, 1.165) is 48.3 Å². The van der Waals surface area contributed by atoms with Crippen molar-refractivity contribution in [3.63, 3.8) is 0 Å². The van der Waals surface area contributed by atoms with Gasteiger partial charge in [-0.3, -0.25) is 19.5 Å². The molecule has 2 aromatic carbocycles. The Bertz CT molecular complexity index is 1480. The molecule has 4 heterocycles. The zero-order valence-corrected chi connectivity index (χ0v) is 19.9. The lowest BCUT2D eigenvalue weighted by Crippen LogP contribution is -2.48. The van der Waals surface area contributed by atoms with E-state index >= 15 is 0 Å². The van der Waals surface area contributed by atoms with Crippen LogP contribution in [0.3, 0.4) is 0 Å². The molecule has 182 valence electrons. The summed E-state index contributed by atoms with van der Waals surface area (Å²) in [6.07, 6.45) is 4.93. The van der Waals surface area contributed by atoms with Crippen LogP contribution in [0.25, 0.3) is 10.8 Å². The first-order chi connectivity index (χ1) is 17.7. The van der Waals surface area contributed by atoms with Crippen molar-refractivity contribution >= 4 is 16.7 Å². The zero-order chi connectivity index (χ0) is 24.5. The predicted octanol–water partition coefficient (Wildman–Crippen LogP) is 2.80. The van der Waals surface area contributed by atoms with Crippen LogP contribution < -0.4 is 10.3 Å². The number of carbonyl (C=O) groups excluding carboxylic acids is 1. The van der Waals surface area contributed by atoms with Crippen LogP contribution >= 0.6 is 0 Å². The Morgan fingerprint density at radius 1 is 0.972 bits per heavy atom. The lowest BCUT2D eigenvalue weighted by Gasteiger charge is -2.35. The molecular formula is C28H27N5O3. The summed E-state index contributed by atoms with van der Waals surface area (Å²) in [5, 5.41) is 8.39. The summed E-state index contributed by atoms with van der Waals surface area (Å²) < 4.78 is 5.91. The van der Waals surface area contributed by atoms with Crippen molar-refractivity contribution in [2.45, 2.75) is 19.4 Å². The van der Waals surface area contributed by atoms with Gasteiger partial charge in [0.05, 0.1) is 23.3 Å². The topological polar surface area (TPSA) is 91.4 Å². The number of aromatic amines is 1. The van der Waals surface area contributed by atoms with E-state index in [1.165, 1.54) is 5.56 Å². The van der Waals surface area contributed by atoms with Gasteiger partial charge in [-0.25, -0.2) is 5.10 Å². The molecule has 1 saturated heterocycles. The fourth-order valence-corrected chi connectivity index (χ4v) is 5.16. The van der Waals surface area contributed by atoms with Gasteiger partial charge < -0.3 is 9.64 Å². The van der Waals surface area contributed by atoms with E-state index in [9.17, 15) is 9.59 Å². The lowest BCUT2D eigenvalue weighted by molar-refractivity contribution is 0.0625. The SMILES string of the molecule is O=C(c1cc(Cc2n[nH]c(=O)c3ccccc23)cc2c1OCC2)N1CCN(Cc2ccncc2)CC1. The number of aromatic nitrogens is 3. The maximum Gasteiger partial charge on any atom is 0.272 e. The minimum Gasteiger partial charge on any atom is -0.492 e. The normalized spacial score (nSPS) is 15.6. The maximum absolute atomic E-state index is 13.6. The molecule has 0 radical (unpaired) electrons. The van der Waals surface area contributed by atoms with E-state index < -0.39 is 0 Å². The summed E-state index contributed by atoms with van der Waals surface area (Å²) in [6, 6.07) is 15.6. The number of hydrogen-bond acceptors (Lipinski definition) is 6. The molecule has 8 heteroatoms. The highest BCUT2D eigenvalue weighted by molar-refractivity contribution is 5.98. The van der Waals surface area contributed by atoms with Crippen LogP contribution in [0.4, 0.5) is 0 Å². The number of nitrogens with one attached hydrogen (secondary N) is 1. The minimum atomic E-state index is -0.198. The highest BCUT2D eigenvalue weighted by atomic mass is 16.5. The van der Waals surface area contributed by atoms with Crippen molar-refractivity contribution in [3.05, 3.63) is 99.2 Å². The number of nitrogens with zero attached hydrogens (tertiary/aromatic N) is 4. The van der Waals surface area contributed by atoms with Gasteiger partial charge in [-0.2, -0.15) is 5.10 Å². The number of H-pyrrole nitrogens is 1. The Labute approximate surface area is 208 Å². The zero-order valence-electron chi connectivity index (χ0n) is 19.9. The third-order valence-corrected chi connectivity index (χ3v) is 7.04. The van der Waals surface area contributed by atoms with Gasteiger partial charge in [0.25, 0.3) is 11.5 Å². The van der Waals surface area contributed by atoms with Gasteiger partial charge in [0.2, 0.25) is 0 Å². The molecule has 2 aliphatic rings. The van der Waals surface area contributed by atoms with Crippen LogP contribution in [0.5, 0.6) is 5.75 Å². The molecule has 0 saturated carbocycles. The number of fused-ring (bicyclic) bond motifs is 2. The van der Waals surface area contributed by atoms with Crippen LogP contribution in [-0.2, 0) is 19.4 Å². The van der Waals surface area contributed by atoms with Crippen LogP contribution in [-0.4, -0.2) is 63.7 Å². The Hall–Kier alpha value is -4.04. The molecule has 0 bridgehead atoms. The van der Waals surface area contributed by atoms with Crippen LogP contribution in [0, 0.1) is 0 Å². The quantitative estimate of drug-likeness (QED) is 0.471. The average molecular weight is 482 g/mol. The molecule has 0 spiro atoms. The molecule has 0 unspecified atom stereocenters. The van der Waals surface area contributed by atoms with Crippen molar-refractivity contribution in [2.24, 2.45) is 0 Å². The Morgan fingerprint density at radius 3 is 2.56 bits per heavy atom. The number of benzene rings is 2. The Morgan fingerprint density at radius 2 is 1.75 bits per heavy atom. The molecule has 36 heavy (non-hydrogen) atoms. The number of ether oxygens (including phenoxy) is 1. The summed E-state index contributed by atoms with van der Waals surface area (Å²) in [5.74, 6) is 0.722. The molecule has 4 aromatic rings. The second-order valence-corrected chi connectivity index (χ2v) is 9.38. The molecule has 2 aliphatic heterocycles. The molecule has 6 rings (SSSR count). The van der Waals surface area contributed by atoms with Gasteiger partial charge in [0, 0.05) is 63.3 Å². The average Bonchev–Trinajstić information content (AvgIpc) is 3.39. The van der Waals surface area contributed by atoms with Gasteiger partial charge in [-0.15, -0.1) is 0 Å². The van der Waals surface area contributed by atoms with Gasteiger partial charge in [-0.1, -0.05) is 24.3 Å². The van der Waals surface area contributed by atoms with E-state index in [1.807, 2.05) is 53.7 Å². The van der Waals surface area contributed by atoms with E-state index in [2.05, 4.69) is 26.1 Å².